The summed E-state index contributed by atoms with van der Waals surface area (Å²) in [6, 6.07) is 1.81. The molecule has 1 atom stereocenters. The summed E-state index contributed by atoms with van der Waals surface area (Å²) in [5.74, 6) is 0.541. The molecule has 7 nitrogen and oxygen atoms in total. The first kappa shape index (κ1) is 17.7. The van der Waals surface area contributed by atoms with Crippen LogP contribution in [0.3, 0.4) is 0 Å². The lowest BCUT2D eigenvalue weighted by atomic mass is 9.97. The molecule has 7 heteroatoms. The Hall–Kier alpha value is -2.15. The normalized spacial score (nSPS) is 20.5. The van der Waals surface area contributed by atoms with Gasteiger partial charge >= 0.3 is 0 Å². The lowest BCUT2D eigenvalue weighted by molar-refractivity contribution is -0.126. The van der Waals surface area contributed by atoms with Crippen LogP contribution in [-0.4, -0.2) is 60.4 Å². The van der Waals surface area contributed by atoms with Crippen LogP contribution in [0.25, 0.3) is 0 Å². The van der Waals surface area contributed by atoms with E-state index in [0.29, 0.717) is 31.1 Å². The van der Waals surface area contributed by atoms with E-state index in [-0.39, 0.29) is 17.7 Å². The van der Waals surface area contributed by atoms with Crippen molar-refractivity contribution < 1.29 is 14.3 Å². The van der Waals surface area contributed by atoms with Crippen LogP contribution in [0.15, 0.2) is 6.07 Å². The van der Waals surface area contributed by atoms with E-state index < -0.39 is 0 Å². The molecule has 0 unspecified atom stereocenters. The van der Waals surface area contributed by atoms with Crippen LogP contribution in [0.2, 0.25) is 0 Å². The number of carbonyl (C=O) groups excluding carboxylic acids is 2. The minimum Gasteiger partial charge on any atom is -0.481 e. The second-order valence-corrected chi connectivity index (χ2v) is 6.79. The molecular weight excluding hydrogens is 320 g/mol. The summed E-state index contributed by atoms with van der Waals surface area (Å²) in [6.45, 7) is 5.27. The maximum atomic E-state index is 12.4. The molecule has 0 aromatic carbocycles. The number of methoxy groups -OCH3 is 1. The van der Waals surface area contributed by atoms with Crippen molar-refractivity contribution in [2.24, 2.45) is 5.92 Å². The molecule has 1 aromatic rings. The first-order chi connectivity index (χ1) is 12.0. The van der Waals surface area contributed by atoms with Gasteiger partial charge in [-0.2, -0.15) is 0 Å². The van der Waals surface area contributed by atoms with Crippen molar-refractivity contribution >= 4 is 11.8 Å². The predicted octanol–water partition coefficient (Wildman–Crippen LogP) is 1.02. The van der Waals surface area contributed by atoms with E-state index >= 15 is 0 Å². The molecule has 0 spiro atoms. The van der Waals surface area contributed by atoms with Crippen LogP contribution in [-0.2, 0) is 17.9 Å². The molecular formula is C18H26N4O3. The van der Waals surface area contributed by atoms with Gasteiger partial charge in [0.05, 0.1) is 30.8 Å². The van der Waals surface area contributed by atoms with Gasteiger partial charge < -0.3 is 19.9 Å². The Bertz CT molecular complexity index is 677. The largest absolute Gasteiger partial charge is 0.481 e. The Morgan fingerprint density at radius 3 is 2.96 bits per heavy atom. The molecule has 2 amide bonds. The van der Waals surface area contributed by atoms with Crippen LogP contribution in [0.4, 0.5) is 0 Å². The average molecular weight is 346 g/mol. The van der Waals surface area contributed by atoms with Crippen LogP contribution >= 0.6 is 0 Å². The highest BCUT2D eigenvalue weighted by Crippen LogP contribution is 2.27. The smallest absolute Gasteiger partial charge is 0.256 e. The number of likely N-dealkylation sites (tertiary alicyclic amines) is 1. The van der Waals surface area contributed by atoms with E-state index in [2.05, 4.69) is 15.2 Å². The molecule has 1 fully saturated rings. The maximum absolute atomic E-state index is 12.4. The highest BCUT2D eigenvalue weighted by Gasteiger charge is 2.30. The van der Waals surface area contributed by atoms with Gasteiger partial charge in [0.2, 0.25) is 11.8 Å². The van der Waals surface area contributed by atoms with Gasteiger partial charge in [-0.25, -0.2) is 4.98 Å². The minimum absolute atomic E-state index is 0.00543. The number of hydrogen-bond acceptors (Lipinski definition) is 5. The Balaban J connectivity index is 1.71. The first-order valence-electron chi connectivity index (χ1n) is 8.85. The lowest BCUT2D eigenvalue weighted by Crippen LogP contribution is -2.41. The SMILES string of the molecule is CCN1Cc2nc(OC)c(CNC(=O)[C@H]3CCCN(C)C3)cc2C1=O. The van der Waals surface area contributed by atoms with E-state index in [1.807, 2.05) is 20.0 Å². The molecule has 136 valence electrons. The topological polar surface area (TPSA) is 74.8 Å². The van der Waals surface area contributed by atoms with Crippen molar-refractivity contribution in [1.82, 2.24) is 20.1 Å². The zero-order chi connectivity index (χ0) is 18.0. The van der Waals surface area contributed by atoms with E-state index in [4.69, 9.17) is 4.74 Å². The fraction of sp³-hybridized carbons (Fsp3) is 0.611. The molecule has 25 heavy (non-hydrogen) atoms. The second kappa shape index (κ2) is 7.39. The number of rotatable bonds is 5. The summed E-state index contributed by atoms with van der Waals surface area (Å²) >= 11 is 0. The van der Waals surface area contributed by atoms with Crippen LogP contribution < -0.4 is 10.1 Å². The van der Waals surface area contributed by atoms with E-state index in [1.165, 1.54) is 0 Å². The van der Waals surface area contributed by atoms with Crippen molar-refractivity contribution in [2.45, 2.75) is 32.9 Å². The van der Waals surface area contributed by atoms with Crippen molar-refractivity contribution in [3.63, 3.8) is 0 Å². The van der Waals surface area contributed by atoms with Gasteiger partial charge in [-0.3, -0.25) is 9.59 Å². The highest BCUT2D eigenvalue weighted by molar-refractivity contribution is 5.98. The summed E-state index contributed by atoms with van der Waals surface area (Å²) in [6.07, 6.45) is 1.96. The van der Waals surface area contributed by atoms with Crippen molar-refractivity contribution in [2.75, 3.05) is 33.8 Å². The standard InChI is InChI=1S/C18H26N4O3/c1-4-22-11-15-14(18(22)24)8-13(17(20-15)25-3)9-19-16(23)12-6-5-7-21(2)10-12/h8,12H,4-7,9-11H2,1-3H3,(H,19,23)/t12-/m0/s1. The molecule has 1 N–H and O–H groups in total. The van der Waals surface area contributed by atoms with Gasteiger partial charge in [0.25, 0.3) is 5.91 Å². The Morgan fingerprint density at radius 2 is 2.28 bits per heavy atom. The molecule has 1 aromatic heterocycles. The molecule has 2 aliphatic heterocycles. The van der Waals surface area contributed by atoms with Crippen LogP contribution in [0, 0.1) is 5.92 Å². The highest BCUT2D eigenvalue weighted by atomic mass is 16.5. The zero-order valence-corrected chi connectivity index (χ0v) is 15.2. The predicted molar refractivity (Wildman–Crippen MR) is 93.3 cm³/mol. The third kappa shape index (κ3) is 3.61. The summed E-state index contributed by atoms with van der Waals surface area (Å²) in [5.41, 5.74) is 2.10. The number of nitrogens with one attached hydrogen (secondary N) is 1. The monoisotopic (exact) mass is 346 g/mol. The number of piperidine rings is 1. The molecule has 1 saturated heterocycles. The molecule has 2 aliphatic rings. The second-order valence-electron chi connectivity index (χ2n) is 6.79. The Kier molecular flexibility index (Phi) is 5.22. The molecule has 3 heterocycles. The number of aromatic nitrogens is 1. The summed E-state index contributed by atoms with van der Waals surface area (Å²) < 4.78 is 5.37. The first-order valence-corrected chi connectivity index (χ1v) is 8.85. The zero-order valence-electron chi connectivity index (χ0n) is 15.2. The summed E-state index contributed by atoms with van der Waals surface area (Å²) in [5, 5.41) is 2.98. The Labute approximate surface area is 148 Å². The third-order valence-electron chi connectivity index (χ3n) is 5.02. The molecule has 0 saturated carbocycles. The lowest BCUT2D eigenvalue weighted by Gasteiger charge is -2.28. The number of ether oxygens (including phenoxy) is 1. The molecule has 3 rings (SSSR count). The van der Waals surface area contributed by atoms with Gasteiger partial charge in [0.1, 0.15) is 0 Å². The van der Waals surface area contributed by atoms with Crippen molar-refractivity contribution in [3.8, 4) is 5.88 Å². The molecule has 0 aliphatic carbocycles. The Morgan fingerprint density at radius 1 is 1.48 bits per heavy atom. The van der Waals surface area contributed by atoms with Gasteiger partial charge in [-0.1, -0.05) is 0 Å². The summed E-state index contributed by atoms with van der Waals surface area (Å²) in [7, 11) is 3.60. The number of carbonyl (C=O) groups is 2. The quantitative estimate of drug-likeness (QED) is 0.862. The van der Waals surface area contributed by atoms with Gasteiger partial charge in [-0.05, 0) is 39.4 Å². The van der Waals surface area contributed by atoms with E-state index in [1.54, 1.807) is 12.0 Å². The third-order valence-corrected chi connectivity index (χ3v) is 5.02. The number of amides is 2. The molecule has 0 radical (unpaired) electrons. The fourth-order valence-electron chi connectivity index (χ4n) is 3.57. The van der Waals surface area contributed by atoms with Gasteiger partial charge in [-0.15, -0.1) is 0 Å². The fourth-order valence-corrected chi connectivity index (χ4v) is 3.57. The van der Waals surface area contributed by atoms with Crippen LogP contribution in [0.5, 0.6) is 5.88 Å². The van der Waals surface area contributed by atoms with Crippen molar-refractivity contribution in [3.05, 3.63) is 22.9 Å². The van der Waals surface area contributed by atoms with Gasteiger partial charge in [0, 0.05) is 25.2 Å². The number of hydrogen-bond donors (Lipinski definition) is 1. The van der Waals surface area contributed by atoms with Crippen molar-refractivity contribution in [1.29, 1.82) is 0 Å². The maximum Gasteiger partial charge on any atom is 0.256 e. The van der Waals surface area contributed by atoms with Crippen LogP contribution in [0.1, 0.15) is 41.4 Å². The average Bonchev–Trinajstić information content (AvgIpc) is 2.94. The molecule has 0 bridgehead atoms. The number of pyridine rings is 1. The minimum atomic E-state index is -0.00543. The number of nitrogens with zero attached hydrogens (tertiary/aromatic N) is 3. The summed E-state index contributed by atoms with van der Waals surface area (Å²) in [4.78, 5) is 33.2. The van der Waals surface area contributed by atoms with Gasteiger partial charge in [0.15, 0.2) is 0 Å². The van der Waals surface area contributed by atoms with E-state index in [9.17, 15) is 9.59 Å². The van der Waals surface area contributed by atoms with E-state index in [0.717, 1.165) is 37.2 Å². The number of fused-ring (bicyclic) bond motifs is 1.